The summed E-state index contributed by atoms with van der Waals surface area (Å²) in [7, 11) is 0. The van der Waals surface area contributed by atoms with Gasteiger partial charge in [0.1, 0.15) is 5.70 Å². The van der Waals surface area contributed by atoms with Crippen LogP contribution < -0.4 is 10.6 Å². The van der Waals surface area contributed by atoms with Crippen molar-refractivity contribution in [3.63, 3.8) is 0 Å². The molecule has 2 heterocycles. The zero-order valence-corrected chi connectivity index (χ0v) is 18.0. The zero-order chi connectivity index (χ0) is 24.5. The molecule has 1 aromatic heterocycles. The first-order chi connectivity index (χ1) is 16.9. The number of benzene rings is 3. The highest BCUT2D eigenvalue weighted by atomic mass is 16.6. The third-order valence-electron chi connectivity index (χ3n) is 5.42. The number of aromatic hydroxyl groups is 1. The van der Waals surface area contributed by atoms with E-state index in [-0.39, 0.29) is 17.3 Å². The van der Waals surface area contributed by atoms with Crippen molar-refractivity contribution >= 4 is 46.0 Å². The number of urea groups is 1. The highest BCUT2D eigenvalue weighted by Gasteiger charge is 2.23. The summed E-state index contributed by atoms with van der Waals surface area (Å²) >= 11 is 0. The van der Waals surface area contributed by atoms with E-state index in [0.29, 0.717) is 39.0 Å². The van der Waals surface area contributed by atoms with E-state index in [1.807, 2.05) is 30.3 Å². The Bertz CT molecular complexity index is 1550. The molecule has 1 aliphatic heterocycles. The lowest BCUT2D eigenvalue weighted by molar-refractivity contribution is -0.384. The molecule has 10 heteroatoms. The first kappa shape index (κ1) is 21.6. The zero-order valence-electron chi connectivity index (χ0n) is 18.0. The average Bonchev–Trinajstić information content (AvgIpc) is 3.35. The van der Waals surface area contributed by atoms with Gasteiger partial charge in [0.25, 0.3) is 11.6 Å². The predicted molar refractivity (Wildman–Crippen MR) is 129 cm³/mol. The van der Waals surface area contributed by atoms with Crippen molar-refractivity contribution in [1.29, 1.82) is 0 Å². The molecule has 1 saturated heterocycles. The summed E-state index contributed by atoms with van der Waals surface area (Å²) in [5.41, 5.74) is 3.24. The van der Waals surface area contributed by atoms with E-state index in [0.717, 1.165) is 0 Å². The van der Waals surface area contributed by atoms with E-state index in [9.17, 15) is 24.8 Å². The number of hydrogen-bond acceptors (Lipinski definition) is 6. The van der Waals surface area contributed by atoms with E-state index >= 15 is 0 Å². The fraction of sp³-hybridized carbons (Fsp3) is 0. The molecule has 1 aliphatic rings. The second-order valence-corrected chi connectivity index (χ2v) is 7.72. The summed E-state index contributed by atoms with van der Waals surface area (Å²) < 4.78 is 0. The summed E-state index contributed by atoms with van der Waals surface area (Å²) in [6.45, 7) is 0. The molecule has 0 radical (unpaired) electrons. The molecule has 0 atom stereocenters. The summed E-state index contributed by atoms with van der Waals surface area (Å²) in [6, 6.07) is 19.8. The van der Waals surface area contributed by atoms with Crippen LogP contribution in [0.3, 0.4) is 0 Å². The second kappa shape index (κ2) is 8.60. The number of aliphatic imine (C=N–C) groups is 1. The topological polar surface area (TPSA) is 150 Å². The van der Waals surface area contributed by atoms with Gasteiger partial charge in [0.05, 0.1) is 21.9 Å². The molecule has 4 aromatic rings. The van der Waals surface area contributed by atoms with Gasteiger partial charge in [-0.1, -0.05) is 42.5 Å². The maximum atomic E-state index is 11.7. The molecule has 0 bridgehead atoms. The van der Waals surface area contributed by atoms with Crippen LogP contribution in [-0.4, -0.2) is 32.7 Å². The molecule has 1 fully saturated rings. The van der Waals surface area contributed by atoms with Crippen LogP contribution >= 0.6 is 0 Å². The second-order valence-electron chi connectivity index (χ2n) is 7.72. The number of carbonyl (C=O) groups is 2. The van der Waals surface area contributed by atoms with Crippen molar-refractivity contribution in [3.8, 4) is 5.88 Å². The number of hydrogen-bond donors (Lipinski definition) is 4. The highest BCUT2D eigenvalue weighted by Crippen LogP contribution is 2.33. The van der Waals surface area contributed by atoms with Gasteiger partial charge in [-0.2, -0.15) is 0 Å². The van der Waals surface area contributed by atoms with Gasteiger partial charge in [0.15, 0.2) is 5.88 Å². The monoisotopic (exact) mass is 467 g/mol. The standard InChI is InChI=1S/C25H17N5O5/c31-23-20(28-25(33)29-23)12-14-6-8-16(9-7-14)26-22(15-4-2-1-3-5-15)21-18-13-17(30(34)35)10-11-19(18)27-24(21)32/h1-13,27,32H,(H2,28,29,31,33)/b20-12-,26-22?. The number of aromatic amines is 1. The van der Waals surface area contributed by atoms with Crippen molar-refractivity contribution in [1.82, 2.24) is 15.6 Å². The number of nitrogens with zero attached hydrogens (tertiary/aromatic N) is 2. The molecule has 10 nitrogen and oxygen atoms in total. The lowest BCUT2D eigenvalue weighted by atomic mass is 10.0. The third kappa shape index (κ3) is 4.23. The maximum Gasteiger partial charge on any atom is 0.326 e. The number of amides is 3. The lowest BCUT2D eigenvalue weighted by Crippen LogP contribution is -2.22. The van der Waals surface area contributed by atoms with Gasteiger partial charge in [-0.05, 0) is 29.8 Å². The van der Waals surface area contributed by atoms with E-state index < -0.39 is 16.9 Å². The van der Waals surface area contributed by atoms with Gasteiger partial charge < -0.3 is 15.4 Å². The molecule has 5 rings (SSSR count). The number of rotatable bonds is 5. The third-order valence-corrected chi connectivity index (χ3v) is 5.42. The lowest BCUT2D eigenvalue weighted by Gasteiger charge is -2.08. The normalized spacial score (nSPS) is 14.9. The van der Waals surface area contributed by atoms with Crippen LogP contribution in [0.1, 0.15) is 16.7 Å². The van der Waals surface area contributed by atoms with Gasteiger partial charge in [0, 0.05) is 28.6 Å². The predicted octanol–water partition coefficient (Wildman–Crippen LogP) is 4.13. The number of imide groups is 1. The number of nitrogens with one attached hydrogen (secondary N) is 3. The molecule has 35 heavy (non-hydrogen) atoms. The largest absolute Gasteiger partial charge is 0.494 e. The number of H-pyrrole nitrogens is 1. The van der Waals surface area contributed by atoms with Gasteiger partial charge >= 0.3 is 6.03 Å². The fourth-order valence-electron chi connectivity index (χ4n) is 3.80. The quantitative estimate of drug-likeness (QED) is 0.114. The van der Waals surface area contributed by atoms with Crippen molar-refractivity contribution in [2.75, 3.05) is 0 Å². The molecule has 3 aromatic carbocycles. The Labute approximate surface area is 197 Å². The highest BCUT2D eigenvalue weighted by molar-refractivity contribution is 6.22. The number of carbonyl (C=O) groups excluding carboxylic acids is 2. The Morgan fingerprint density at radius 1 is 0.971 bits per heavy atom. The fourth-order valence-corrected chi connectivity index (χ4v) is 3.80. The van der Waals surface area contributed by atoms with Crippen LogP contribution in [0.5, 0.6) is 5.88 Å². The summed E-state index contributed by atoms with van der Waals surface area (Å²) in [6.07, 6.45) is 1.54. The van der Waals surface area contributed by atoms with E-state index in [2.05, 4.69) is 15.6 Å². The number of fused-ring (bicyclic) bond motifs is 1. The molecule has 3 amide bonds. The molecule has 172 valence electrons. The van der Waals surface area contributed by atoms with Crippen molar-refractivity contribution in [3.05, 3.63) is 105 Å². The molecule has 4 N–H and O–H groups in total. The van der Waals surface area contributed by atoms with Crippen molar-refractivity contribution < 1.29 is 19.6 Å². The van der Waals surface area contributed by atoms with Crippen LogP contribution in [0.25, 0.3) is 17.0 Å². The van der Waals surface area contributed by atoms with Gasteiger partial charge in [-0.25, -0.2) is 9.79 Å². The first-order valence-electron chi connectivity index (χ1n) is 10.5. The number of non-ortho nitro benzene ring substituents is 1. The number of aromatic nitrogens is 1. The minimum Gasteiger partial charge on any atom is -0.494 e. The average molecular weight is 467 g/mol. The van der Waals surface area contributed by atoms with Gasteiger partial charge in [-0.3, -0.25) is 20.2 Å². The van der Waals surface area contributed by atoms with E-state index in [4.69, 9.17) is 4.99 Å². The van der Waals surface area contributed by atoms with Crippen molar-refractivity contribution in [2.45, 2.75) is 0 Å². The van der Waals surface area contributed by atoms with Crippen LogP contribution in [0.2, 0.25) is 0 Å². The SMILES string of the molecule is O=C1NC(=O)/C(=C/c2ccc(N=C(c3ccccc3)c3c(O)[nH]c4ccc([N+](=O)[O-])cc34)cc2)N1. The van der Waals surface area contributed by atoms with Gasteiger partial charge in [-0.15, -0.1) is 0 Å². The van der Waals surface area contributed by atoms with Crippen LogP contribution in [0.4, 0.5) is 16.2 Å². The molecule has 0 aliphatic carbocycles. The van der Waals surface area contributed by atoms with Crippen LogP contribution in [0, 0.1) is 10.1 Å². The Hall–Kier alpha value is -5.25. The Balaban J connectivity index is 1.61. The smallest absolute Gasteiger partial charge is 0.326 e. The van der Waals surface area contributed by atoms with Crippen LogP contribution in [-0.2, 0) is 4.79 Å². The minimum absolute atomic E-state index is 0.106. The van der Waals surface area contributed by atoms with E-state index in [1.165, 1.54) is 18.2 Å². The molecular formula is C25H17N5O5. The summed E-state index contributed by atoms with van der Waals surface area (Å²) in [5, 5.41) is 27.1. The number of nitro benzene ring substituents is 1. The van der Waals surface area contributed by atoms with Crippen molar-refractivity contribution in [2.24, 2.45) is 4.99 Å². The Kier molecular flexibility index (Phi) is 5.30. The Morgan fingerprint density at radius 3 is 2.37 bits per heavy atom. The minimum atomic E-state index is -0.575. The Morgan fingerprint density at radius 2 is 1.71 bits per heavy atom. The summed E-state index contributed by atoms with van der Waals surface area (Å²) in [5.74, 6) is -0.667. The van der Waals surface area contributed by atoms with Gasteiger partial charge in [0.2, 0.25) is 0 Å². The first-order valence-corrected chi connectivity index (χ1v) is 10.5. The molecule has 0 unspecified atom stereocenters. The molecule has 0 saturated carbocycles. The molecule has 0 spiro atoms. The number of nitro groups is 1. The van der Waals surface area contributed by atoms with Crippen LogP contribution in [0.15, 0.2) is 83.5 Å². The van der Waals surface area contributed by atoms with E-state index in [1.54, 1.807) is 30.3 Å². The summed E-state index contributed by atoms with van der Waals surface area (Å²) in [4.78, 5) is 41.5. The maximum absolute atomic E-state index is 11.7. The molecular weight excluding hydrogens is 450 g/mol.